The van der Waals surface area contributed by atoms with E-state index in [0.717, 1.165) is 37.2 Å². The van der Waals surface area contributed by atoms with E-state index in [1.165, 1.54) is 7.11 Å². The minimum atomic E-state index is -0.485. The van der Waals surface area contributed by atoms with Gasteiger partial charge in [0.15, 0.2) is 0 Å². The van der Waals surface area contributed by atoms with Crippen LogP contribution in [0, 0.1) is 0 Å². The van der Waals surface area contributed by atoms with Crippen LogP contribution in [0.3, 0.4) is 0 Å². The van der Waals surface area contributed by atoms with Crippen LogP contribution in [-0.4, -0.2) is 43.5 Å². The monoisotopic (exact) mass is 407 g/mol. The number of hydrogen-bond donors (Lipinski definition) is 1. The highest BCUT2D eigenvalue weighted by molar-refractivity contribution is 5.69. The van der Waals surface area contributed by atoms with E-state index in [0.29, 0.717) is 19.4 Å². The van der Waals surface area contributed by atoms with E-state index in [4.69, 9.17) is 14.2 Å². The maximum Gasteiger partial charge on any atom is 0.407 e. The van der Waals surface area contributed by atoms with Crippen LogP contribution in [0.1, 0.15) is 59.3 Å². The van der Waals surface area contributed by atoms with Crippen LogP contribution in [0.2, 0.25) is 0 Å². The number of nitrogens with one attached hydrogen (secondary N) is 1. The highest BCUT2D eigenvalue weighted by Crippen LogP contribution is 2.25. The summed E-state index contributed by atoms with van der Waals surface area (Å²) in [6.45, 7) is 6.03. The SMILES string of the molecule is COC(=O)CCCOc1ccc(OC2CCC(NC(=O)OC(C)(C)C)CC2)cc1. The lowest BCUT2D eigenvalue weighted by Gasteiger charge is -2.30. The average molecular weight is 408 g/mol. The molecular formula is C22H33NO6. The van der Waals surface area contributed by atoms with Crippen LogP contribution in [0.25, 0.3) is 0 Å². The molecule has 1 aromatic carbocycles. The summed E-state index contributed by atoms with van der Waals surface area (Å²) in [5.41, 5.74) is -0.485. The van der Waals surface area contributed by atoms with E-state index in [1.54, 1.807) is 0 Å². The number of esters is 1. The zero-order chi connectivity index (χ0) is 21.3. The first-order valence-electron chi connectivity index (χ1n) is 10.2. The van der Waals surface area contributed by atoms with Crippen LogP contribution in [0.4, 0.5) is 4.79 Å². The maximum absolute atomic E-state index is 11.9. The molecular weight excluding hydrogens is 374 g/mol. The third kappa shape index (κ3) is 9.07. The van der Waals surface area contributed by atoms with E-state index >= 15 is 0 Å². The molecule has 0 saturated heterocycles. The lowest BCUT2D eigenvalue weighted by Crippen LogP contribution is -2.42. The average Bonchev–Trinajstić information content (AvgIpc) is 2.66. The van der Waals surface area contributed by atoms with Crippen molar-refractivity contribution >= 4 is 12.1 Å². The van der Waals surface area contributed by atoms with Crippen molar-refractivity contribution in [3.05, 3.63) is 24.3 Å². The number of rotatable bonds is 8. The minimum Gasteiger partial charge on any atom is -0.494 e. The molecule has 0 bridgehead atoms. The van der Waals surface area contributed by atoms with Crippen LogP contribution >= 0.6 is 0 Å². The summed E-state index contributed by atoms with van der Waals surface area (Å²) in [5, 5.41) is 2.94. The Labute approximate surface area is 173 Å². The second kappa shape index (κ2) is 10.9. The third-order valence-corrected chi connectivity index (χ3v) is 4.54. The molecule has 0 aromatic heterocycles. The zero-order valence-electron chi connectivity index (χ0n) is 17.9. The Balaban J connectivity index is 1.67. The molecule has 1 N–H and O–H groups in total. The second-order valence-corrected chi connectivity index (χ2v) is 8.24. The Morgan fingerprint density at radius 2 is 1.66 bits per heavy atom. The van der Waals surface area contributed by atoms with Gasteiger partial charge in [0.05, 0.1) is 19.8 Å². The minimum absolute atomic E-state index is 0.130. The number of amides is 1. The van der Waals surface area contributed by atoms with Gasteiger partial charge in [-0.05, 0) is 77.1 Å². The Kier molecular flexibility index (Phi) is 8.61. The van der Waals surface area contributed by atoms with E-state index in [1.807, 2.05) is 45.0 Å². The fourth-order valence-electron chi connectivity index (χ4n) is 3.11. The van der Waals surface area contributed by atoms with Crippen molar-refractivity contribution in [1.82, 2.24) is 5.32 Å². The van der Waals surface area contributed by atoms with Gasteiger partial charge in [-0.15, -0.1) is 0 Å². The molecule has 0 unspecified atom stereocenters. The molecule has 0 radical (unpaired) electrons. The van der Waals surface area contributed by atoms with Crippen LogP contribution in [0.15, 0.2) is 24.3 Å². The molecule has 1 saturated carbocycles. The fraction of sp³-hybridized carbons (Fsp3) is 0.636. The van der Waals surface area contributed by atoms with Crippen molar-refractivity contribution < 1.29 is 28.5 Å². The highest BCUT2D eigenvalue weighted by atomic mass is 16.6. The largest absolute Gasteiger partial charge is 0.494 e. The number of carbonyl (C=O) groups is 2. The Morgan fingerprint density at radius 3 is 2.24 bits per heavy atom. The molecule has 162 valence electrons. The van der Waals surface area contributed by atoms with Gasteiger partial charge < -0.3 is 24.3 Å². The molecule has 0 heterocycles. The first kappa shape index (κ1) is 22.8. The molecule has 1 aliphatic carbocycles. The zero-order valence-corrected chi connectivity index (χ0v) is 17.9. The van der Waals surface area contributed by atoms with Crippen molar-refractivity contribution in [2.75, 3.05) is 13.7 Å². The summed E-state index contributed by atoms with van der Waals surface area (Å²) < 4.78 is 21.6. The van der Waals surface area contributed by atoms with Gasteiger partial charge in [0, 0.05) is 12.5 Å². The van der Waals surface area contributed by atoms with Gasteiger partial charge in [0.2, 0.25) is 0 Å². The summed E-state index contributed by atoms with van der Waals surface area (Å²) in [4.78, 5) is 22.9. The number of benzene rings is 1. The molecule has 1 aliphatic rings. The van der Waals surface area contributed by atoms with Gasteiger partial charge in [-0.25, -0.2) is 4.79 Å². The van der Waals surface area contributed by atoms with Crippen molar-refractivity contribution in [3.8, 4) is 11.5 Å². The van der Waals surface area contributed by atoms with Gasteiger partial charge in [-0.3, -0.25) is 4.79 Å². The van der Waals surface area contributed by atoms with E-state index in [-0.39, 0.29) is 24.2 Å². The van der Waals surface area contributed by atoms with Gasteiger partial charge in [0.1, 0.15) is 17.1 Å². The molecule has 1 aromatic rings. The molecule has 0 aliphatic heterocycles. The van der Waals surface area contributed by atoms with E-state index < -0.39 is 5.60 Å². The first-order chi connectivity index (χ1) is 13.7. The van der Waals surface area contributed by atoms with Gasteiger partial charge in [-0.1, -0.05) is 0 Å². The molecule has 1 fully saturated rings. The summed E-state index contributed by atoms with van der Waals surface area (Å²) >= 11 is 0. The number of alkyl carbamates (subject to hydrolysis) is 1. The van der Waals surface area contributed by atoms with Crippen molar-refractivity contribution in [2.45, 2.75) is 77.0 Å². The topological polar surface area (TPSA) is 83.1 Å². The molecule has 7 nitrogen and oxygen atoms in total. The van der Waals surface area contributed by atoms with Crippen LogP contribution < -0.4 is 14.8 Å². The number of methoxy groups -OCH3 is 1. The Hall–Kier alpha value is -2.44. The number of hydrogen-bond acceptors (Lipinski definition) is 6. The van der Waals surface area contributed by atoms with Crippen molar-refractivity contribution in [3.63, 3.8) is 0 Å². The van der Waals surface area contributed by atoms with Crippen LogP contribution in [0.5, 0.6) is 11.5 Å². The summed E-state index contributed by atoms with van der Waals surface area (Å²) in [6.07, 6.45) is 4.24. The summed E-state index contributed by atoms with van der Waals surface area (Å²) in [7, 11) is 1.38. The Bertz CT molecular complexity index is 644. The Morgan fingerprint density at radius 1 is 1.03 bits per heavy atom. The third-order valence-electron chi connectivity index (χ3n) is 4.54. The van der Waals surface area contributed by atoms with Gasteiger partial charge in [-0.2, -0.15) is 0 Å². The summed E-state index contributed by atoms with van der Waals surface area (Å²) in [5.74, 6) is 1.32. The second-order valence-electron chi connectivity index (χ2n) is 8.24. The fourth-order valence-corrected chi connectivity index (χ4v) is 3.11. The van der Waals surface area contributed by atoms with Crippen LogP contribution in [-0.2, 0) is 14.3 Å². The van der Waals surface area contributed by atoms with Crippen molar-refractivity contribution in [1.29, 1.82) is 0 Å². The quantitative estimate of drug-likeness (QED) is 0.513. The highest BCUT2D eigenvalue weighted by Gasteiger charge is 2.25. The molecule has 0 atom stereocenters. The van der Waals surface area contributed by atoms with Gasteiger partial charge >= 0.3 is 12.1 Å². The van der Waals surface area contributed by atoms with Gasteiger partial charge in [0.25, 0.3) is 0 Å². The number of carbonyl (C=O) groups excluding carboxylic acids is 2. The molecule has 0 spiro atoms. The number of ether oxygens (including phenoxy) is 4. The predicted molar refractivity (Wildman–Crippen MR) is 109 cm³/mol. The standard InChI is InChI=1S/C22H33NO6/c1-22(2,3)29-21(25)23-16-7-9-18(10-8-16)28-19-13-11-17(12-14-19)27-15-5-6-20(24)26-4/h11-14,16,18H,5-10,15H2,1-4H3,(H,23,25). The molecule has 1 amide bonds. The molecule has 2 rings (SSSR count). The van der Waals surface area contributed by atoms with Crippen molar-refractivity contribution in [2.24, 2.45) is 0 Å². The predicted octanol–water partition coefficient (Wildman–Crippen LogP) is 4.23. The maximum atomic E-state index is 11.9. The summed E-state index contributed by atoms with van der Waals surface area (Å²) in [6, 6.07) is 7.64. The molecule has 29 heavy (non-hydrogen) atoms. The van der Waals surface area contributed by atoms with E-state index in [2.05, 4.69) is 10.1 Å². The lowest BCUT2D eigenvalue weighted by molar-refractivity contribution is -0.140. The normalized spacial score (nSPS) is 19.2. The smallest absolute Gasteiger partial charge is 0.407 e. The van der Waals surface area contributed by atoms with E-state index in [9.17, 15) is 9.59 Å². The molecule has 7 heteroatoms. The lowest BCUT2D eigenvalue weighted by atomic mass is 9.93. The first-order valence-corrected chi connectivity index (χ1v) is 10.2.